The maximum Gasteiger partial charge on any atom is 0.326 e. The minimum absolute atomic E-state index is 0.387. The van der Waals surface area contributed by atoms with Crippen LogP contribution in [-0.2, 0) is 0 Å². The van der Waals surface area contributed by atoms with E-state index in [4.69, 9.17) is 0 Å². The van der Waals surface area contributed by atoms with Crippen LogP contribution in [0.5, 0.6) is 0 Å². The average Bonchev–Trinajstić information content (AvgIpc) is 3.02. The summed E-state index contributed by atoms with van der Waals surface area (Å²) in [6.07, 6.45) is 0. The van der Waals surface area contributed by atoms with Crippen molar-refractivity contribution in [3.05, 3.63) is 72.3 Å². The lowest BCUT2D eigenvalue weighted by molar-refractivity contribution is 0.262. The number of fused-ring (bicyclic) bond motifs is 1. The molecule has 4 rings (SSSR count). The van der Waals surface area contributed by atoms with Gasteiger partial charge in [0.25, 0.3) is 0 Å². The molecule has 0 aliphatic heterocycles. The lowest BCUT2D eigenvalue weighted by Crippen LogP contribution is -2.20. The van der Waals surface area contributed by atoms with Crippen molar-refractivity contribution >= 4 is 28.6 Å². The Morgan fingerprint density at radius 2 is 1.69 bits per heavy atom. The number of carbonyl (C=O) groups is 1. The molecule has 0 aliphatic carbocycles. The first-order chi connectivity index (χ1) is 12.7. The zero-order chi connectivity index (χ0) is 17.9. The molecule has 0 spiro atoms. The fraction of sp³-hybridized carbons (Fsp3) is 0.0500. The Morgan fingerprint density at radius 1 is 0.923 bits per heavy atom. The van der Waals surface area contributed by atoms with Gasteiger partial charge in [-0.2, -0.15) is 5.10 Å². The Bertz CT molecular complexity index is 1070. The maximum absolute atomic E-state index is 12.3. The summed E-state index contributed by atoms with van der Waals surface area (Å²) in [4.78, 5) is 16.7. The number of anilines is 2. The Morgan fingerprint density at radius 3 is 2.54 bits per heavy atom. The largest absolute Gasteiger partial charge is 0.326 e. The van der Waals surface area contributed by atoms with Crippen molar-refractivity contribution in [3.8, 4) is 11.3 Å². The summed E-state index contributed by atoms with van der Waals surface area (Å²) in [7, 11) is 0. The monoisotopic (exact) mass is 343 g/mol. The smallest absolute Gasteiger partial charge is 0.292 e. The Kier molecular flexibility index (Phi) is 4.07. The average molecular weight is 343 g/mol. The van der Waals surface area contributed by atoms with Crippen LogP contribution < -0.4 is 10.6 Å². The molecule has 2 aromatic carbocycles. The van der Waals surface area contributed by atoms with E-state index in [0.29, 0.717) is 11.6 Å². The van der Waals surface area contributed by atoms with Crippen LogP contribution in [0.3, 0.4) is 0 Å². The quantitative estimate of drug-likeness (QED) is 0.509. The summed E-state index contributed by atoms with van der Waals surface area (Å²) >= 11 is 0. The number of aromatic nitrogens is 3. The minimum Gasteiger partial charge on any atom is -0.292 e. The molecule has 0 aliphatic rings. The zero-order valence-corrected chi connectivity index (χ0v) is 14.2. The minimum atomic E-state index is -0.387. The second-order valence-electron chi connectivity index (χ2n) is 5.91. The van der Waals surface area contributed by atoms with Crippen LogP contribution >= 0.6 is 0 Å². The molecular weight excluding hydrogens is 326 g/mol. The standard InChI is InChI=1S/C20H17N5O/c1-13-18(15-8-3-2-4-9-15)24-25-19(13)23-20(26)22-17-12-11-14-7-5-6-10-16(14)21-17/h2-12H,1H3,(H3,21,22,23,24,25,26). The molecule has 0 fully saturated rings. The number of rotatable bonds is 3. The lowest BCUT2D eigenvalue weighted by atomic mass is 10.1. The molecule has 26 heavy (non-hydrogen) atoms. The Labute approximate surface area is 150 Å². The SMILES string of the molecule is Cc1c(NC(=O)Nc2ccc3ccccc3n2)n[nH]c1-c1ccccc1. The molecule has 6 heteroatoms. The molecule has 3 N–H and O–H groups in total. The second-order valence-corrected chi connectivity index (χ2v) is 5.91. The number of nitrogens with one attached hydrogen (secondary N) is 3. The van der Waals surface area contributed by atoms with E-state index in [9.17, 15) is 4.79 Å². The van der Waals surface area contributed by atoms with Crippen LogP contribution in [0.4, 0.5) is 16.4 Å². The zero-order valence-electron chi connectivity index (χ0n) is 14.2. The summed E-state index contributed by atoms with van der Waals surface area (Å²) < 4.78 is 0. The molecule has 0 saturated heterocycles. The van der Waals surface area contributed by atoms with Gasteiger partial charge in [0.1, 0.15) is 5.82 Å². The molecule has 0 bridgehead atoms. The first-order valence-electron chi connectivity index (χ1n) is 8.25. The van der Waals surface area contributed by atoms with Crippen LogP contribution in [0, 0.1) is 6.92 Å². The van der Waals surface area contributed by atoms with Crippen LogP contribution in [0.15, 0.2) is 66.7 Å². The van der Waals surface area contributed by atoms with Crippen molar-refractivity contribution < 1.29 is 4.79 Å². The van der Waals surface area contributed by atoms with E-state index < -0.39 is 0 Å². The van der Waals surface area contributed by atoms with Gasteiger partial charge in [0.15, 0.2) is 5.82 Å². The van der Waals surface area contributed by atoms with Gasteiger partial charge in [-0.05, 0) is 30.7 Å². The first kappa shape index (κ1) is 15.8. The van der Waals surface area contributed by atoms with Gasteiger partial charge in [-0.25, -0.2) is 9.78 Å². The molecule has 0 radical (unpaired) electrons. The van der Waals surface area contributed by atoms with E-state index in [2.05, 4.69) is 25.8 Å². The van der Waals surface area contributed by atoms with Gasteiger partial charge < -0.3 is 0 Å². The number of benzene rings is 2. The predicted octanol–water partition coefficient (Wildman–Crippen LogP) is 4.58. The highest BCUT2D eigenvalue weighted by Gasteiger charge is 2.13. The number of carbonyl (C=O) groups excluding carboxylic acids is 1. The van der Waals surface area contributed by atoms with E-state index in [0.717, 1.165) is 27.7 Å². The summed E-state index contributed by atoms with van der Waals surface area (Å²) in [5, 5.41) is 13.7. The first-order valence-corrected chi connectivity index (χ1v) is 8.25. The third-order valence-corrected chi connectivity index (χ3v) is 4.14. The number of urea groups is 1. The number of hydrogen-bond acceptors (Lipinski definition) is 3. The van der Waals surface area contributed by atoms with E-state index in [1.54, 1.807) is 6.07 Å². The molecule has 2 aromatic heterocycles. The topological polar surface area (TPSA) is 82.7 Å². The normalized spacial score (nSPS) is 10.7. The second kappa shape index (κ2) is 6.68. The van der Waals surface area contributed by atoms with Gasteiger partial charge in [-0.1, -0.05) is 48.5 Å². The summed E-state index contributed by atoms with van der Waals surface area (Å²) in [6, 6.07) is 20.9. The van der Waals surface area contributed by atoms with E-state index in [1.165, 1.54) is 0 Å². The number of amides is 2. The third-order valence-electron chi connectivity index (χ3n) is 4.14. The fourth-order valence-corrected chi connectivity index (χ4v) is 2.80. The number of nitrogens with zero attached hydrogens (tertiary/aromatic N) is 2. The number of aromatic amines is 1. The van der Waals surface area contributed by atoms with Gasteiger partial charge in [-0.3, -0.25) is 15.7 Å². The number of pyridine rings is 1. The molecule has 0 atom stereocenters. The molecule has 2 heterocycles. The van der Waals surface area contributed by atoms with Crippen LogP contribution in [0.25, 0.3) is 22.2 Å². The highest BCUT2D eigenvalue weighted by Crippen LogP contribution is 2.25. The third kappa shape index (κ3) is 3.12. The Balaban J connectivity index is 1.50. The van der Waals surface area contributed by atoms with Crippen LogP contribution in [-0.4, -0.2) is 21.2 Å². The molecule has 0 unspecified atom stereocenters. The fourth-order valence-electron chi connectivity index (χ4n) is 2.80. The van der Waals surface area contributed by atoms with Crippen molar-refractivity contribution in [2.45, 2.75) is 6.92 Å². The Hall–Kier alpha value is -3.67. The van der Waals surface area contributed by atoms with Crippen molar-refractivity contribution in [1.82, 2.24) is 15.2 Å². The van der Waals surface area contributed by atoms with Gasteiger partial charge in [0.05, 0.1) is 11.2 Å². The molecule has 2 amide bonds. The van der Waals surface area contributed by atoms with E-state index >= 15 is 0 Å². The molecule has 4 aromatic rings. The van der Waals surface area contributed by atoms with E-state index in [-0.39, 0.29) is 6.03 Å². The molecule has 6 nitrogen and oxygen atoms in total. The maximum atomic E-state index is 12.3. The number of para-hydroxylation sites is 1. The van der Waals surface area contributed by atoms with Gasteiger partial charge in [-0.15, -0.1) is 0 Å². The lowest BCUT2D eigenvalue weighted by Gasteiger charge is -2.07. The van der Waals surface area contributed by atoms with Crippen LogP contribution in [0.2, 0.25) is 0 Å². The van der Waals surface area contributed by atoms with Crippen LogP contribution in [0.1, 0.15) is 5.56 Å². The molecular formula is C20H17N5O. The number of hydrogen-bond donors (Lipinski definition) is 3. The van der Waals surface area contributed by atoms with Gasteiger partial charge in [0, 0.05) is 10.9 Å². The predicted molar refractivity (Wildman–Crippen MR) is 103 cm³/mol. The highest BCUT2D eigenvalue weighted by atomic mass is 16.2. The number of H-pyrrole nitrogens is 1. The van der Waals surface area contributed by atoms with Crippen molar-refractivity contribution in [2.75, 3.05) is 10.6 Å². The van der Waals surface area contributed by atoms with Gasteiger partial charge >= 0.3 is 6.03 Å². The summed E-state index contributed by atoms with van der Waals surface area (Å²) in [5.74, 6) is 0.972. The summed E-state index contributed by atoms with van der Waals surface area (Å²) in [6.45, 7) is 1.91. The molecule has 0 saturated carbocycles. The highest BCUT2D eigenvalue weighted by molar-refractivity contribution is 6.00. The van der Waals surface area contributed by atoms with Crippen molar-refractivity contribution in [1.29, 1.82) is 0 Å². The van der Waals surface area contributed by atoms with Gasteiger partial charge in [0.2, 0.25) is 0 Å². The van der Waals surface area contributed by atoms with E-state index in [1.807, 2.05) is 67.6 Å². The summed E-state index contributed by atoms with van der Waals surface area (Å²) in [5.41, 5.74) is 3.59. The van der Waals surface area contributed by atoms with Crippen molar-refractivity contribution in [3.63, 3.8) is 0 Å². The van der Waals surface area contributed by atoms with Crippen molar-refractivity contribution in [2.24, 2.45) is 0 Å². The molecule has 128 valence electrons.